The third kappa shape index (κ3) is 3.93. The Labute approximate surface area is 184 Å². The lowest BCUT2D eigenvalue weighted by Crippen LogP contribution is -2.37. The van der Waals surface area contributed by atoms with E-state index in [0.29, 0.717) is 39.3 Å². The predicted octanol–water partition coefficient (Wildman–Crippen LogP) is 5.42. The van der Waals surface area contributed by atoms with Crippen molar-refractivity contribution in [3.8, 4) is 0 Å². The van der Waals surface area contributed by atoms with E-state index >= 15 is 0 Å². The molecule has 2 N–H and O–H groups in total. The van der Waals surface area contributed by atoms with Crippen molar-refractivity contribution < 1.29 is 0 Å². The molecule has 0 spiro atoms. The van der Waals surface area contributed by atoms with Gasteiger partial charge in [0.05, 0.1) is 15.7 Å². The van der Waals surface area contributed by atoms with Gasteiger partial charge in [-0.1, -0.05) is 67.4 Å². The maximum atomic E-state index is 12.8. The lowest BCUT2D eigenvalue weighted by molar-refractivity contribution is 0.577. The van der Waals surface area contributed by atoms with E-state index in [-0.39, 0.29) is 5.56 Å². The Kier molecular flexibility index (Phi) is 5.54. The zero-order valence-corrected chi connectivity index (χ0v) is 18.3. The molecule has 0 radical (unpaired) electrons. The molecule has 0 bridgehead atoms. The number of aliphatic imine (C=N–C) groups is 1. The van der Waals surface area contributed by atoms with Crippen LogP contribution in [0.25, 0.3) is 0 Å². The number of hydrogen-bond acceptors (Lipinski definition) is 5. The van der Waals surface area contributed by atoms with Gasteiger partial charge in [-0.15, -0.1) is 0 Å². The second-order valence-electron chi connectivity index (χ2n) is 7.45. The molecule has 0 unspecified atom stereocenters. The lowest BCUT2D eigenvalue weighted by Gasteiger charge is -2.27. The SMILES string of the molecule is Cc1cc(=O)n2c(n1)NC(Nc1cccc(Cl)c1Cl)=N[C@H]2c1ccc(C(C)C)cc1. The molecule has 2 heterocycles. The highest BCUT2D eigenvalue weighted by Gasteiger charge is 2.25. The summed E-state index contributed by atoms with van der Waals surface area (Å²) < 4.78 is 1.54. The summed E-state index contributed by atoms with van der Waals surface area (Å²) in [5, 5.41) is 7.08. The summed E-state index contributed by atoms with van der Waals surface area (Å²) in [5.41, 5.74) is 3.15. The molecule has 1 aromatic heterocycles. The maximum Gasteiger partial charge on any atom is 0.257 e. The minimum atomic E-state index is -0.566. The van der Waals surface area contributed by atoms with E-state index in [2.05, 4.69) is 41.6 Å². The minimum Gasteiger partial charge on any atom is -0.325 e. The van der Waals surface area contributed by atoms with Crippen LogP contribution in [0.3, 0.4) is 0 Å². The molecule has 0 aliphatic carbocycles. The summed E-state index contributed by atoms with van der Waals surface area (Å²) in [5.74, 6) is 1.25. The van der Waals surface area contributed by atoms with Crippen molar-refractivity contribution in [3.05, 3.63) is 85.8 Å². The number of hydrogen-bond donors (Lipinski definition) is 2. The fraction of sp³-hybridized carbons (Fsp3) is 0.227. The molecule has 1 atom stereocenters. The highest BCUT2D eigenvalue weighted by atomic mass is 35.5. The van der Waals surface area contributed by atoms with Gasteiger partial charge in [0.15, 0.2) is 6.17 Å². The maximum absolute atomic E-state index is 12.8. The van der Waals surface area contributed by atoms with E-state index in [4.69, 9.17) is 28.2 Å². The van der Waals surface area contributed by atoms with Gasteiger partial charge in [0, 0.05) is 11.8 Å². The molecule has 1 aliphatic rings. The normalized spacial score (nSPS) is 15.4. The summed E-state index contributed by atoms with van der Waals surface area (Å²) in [7, 11) is 0. The Morgan fingerprint density at radius 2 is 1.87 bits per heavy atom. The van der Waals surface area contributed by atoms with Crippen LogP contribution in [-0.4, -0.2) is 15.5 Å². The third-order valence-corrected chi connectivity index (χ3v) is 5.73. The quantitative estimate of drug-likeness (QED) is 0.568. The van der Waals surface area contributed by atoms with Crippen molar-refractivity contribution in [1.82, 2.24) is 9.55 Å². The number of guanidine groups is 1. The van der Waals surface area contributed by atoms with Gasteiger partial charge in [0.1, 0.15) is 0 Å². The van der Waals surface area contributed by atoms with Gasteiger partial charge in [-0.05, 0) is 36.1 Å². The fourth-order valence-corrected chi connectivity index (χ4v) is 3.66. The lowest BCUT2D eigenvalue weighted by atomic mass is 10.0. The number of nitrogens with zero attached hydrogens (tertiary/aromatic N) is 3. The van der Waals surface area contributed by atoms with E-state index in [9.17, 15) is 4.79 Å². The van der Waals surface area contributed by atoms with Crippen molar-refractivity contribution in [3.63, 3.8) is 0 Å². The van der Waals surface area contributed by atoms with Gasteiger partial charge in [0.2, 0.25) is 11.9 Å². The Balaban J connectivity index is 1.79. The summed E-state index contributed by atoms with van der Waals surface area (Å²) in [6.07, 6.45) is -0.566. The smallest absolute Gasteiger partial charge is 0.257 e. The molecule has 0 saturated carbocycles. The van der Waals surface area contributed by atoms with Crippen LogP contribution in [0.15, 0.2) is 58.3 Å². The largest absolute Gasteiger partial charge is 0.325 e. The second-order valence-corrected chi connectivity index (χ2v) is 8.24. The van der Waals surface area contributed by atoms with E-state index in [1.165, 1.54) is 11.6 Å². The van der Waals surface area contributed by atoms with Crippen LogP contribution in [-0.2, 0) is 0 Å². The number of rotatable bonds is 3. The molecule has 154 valence electrons. The fourth-order valence-electron chi connectivity index (χ4n) is 3.32. The first-order chi connectivity index (χ1) is 14.3. The van der Waals surface area contributed by atoms with Crippen molar-refractivity contribution in [2.24, 2.45) is 4.99 Å². The van der Waals surface area contributed by atoms with Crippen LogP contribution >= 0.6 is 23.2 Å². The Morgan fingerprint density at radius 3 is 2.57 bits per heavy atom. The topological polar surface area (TPSA) is 71.3 Å². The van der Waals surface area contributed by atoms with E-state index in [1.807, 2.05) is 12.1 Å². The van der Waals surface area contributed by atoms with Gasteiger partial charge < -0.3 is 5.32 Å². The van der Waals surface area contributed by atoms with Crippen LogP contribution in [0.4, 0.5) is 11.6 Å². The van der Waals surface area contributed by atoms with Gasteiger partial charge in [0.25, 0.3) is 5.56 Å². The number of anilines is 2. The molecular formula is C22H21Cl2N5O. The molecule has 0 fully saturated rings. The van der Waals surface area contributed by atoms with Gasteiger partial charge in [-0.2, -0.15) is 0 Å². The zero-order chi connectivity index (χ0) is 21.4. The van der Waals surface area contributed by atoms with E-state index in [1.54, 1.807) is 29.7 Å². The Morgan fingerprint density at radius 1 is 1.13 bits per heavy atom. The summed E-state index contributed by atoms with van der Waals surface area (Å²) in [4.78, 5) is 22.0. The van der Waals surface area contributed by atoms with E-state index < -0.39 is 6.17 Å². The standard InChI is InChI=1S/C22H21Cl2N5O/c1-12(2)14-7-9-15(10-8-14)20-27-21(26-17-6-4-5-16(23)19(17)24)28-22-25-13(3)11-18(30)29(20)22/h4-12,20H,1-3H3,(H2,25,26,27,28)/t20-/m1/s1. The van der Waals surface area contributed by atoms with Crippen molar-refractivity contribution in [2.75, 3.05) is 10.6 Å². The number of fused-ring (bicyclic) bond motifs is 1. The van der Waals surface area contributed by atoms with Crippen LogP contribution < -0.4 is 16.2 Å². The van der Waals surface area contributed by atoms with Crippen molar-refractivity contribution >= 4 is 40.8 Å². The minimum absolute atomic E-state index is 0.175. The van der Waals surface area contributed by atoms with Crippen LogP contribution in [0, 0.1) is 6.92 Å². The number of aryl methyl sites for hydroxylation is 1. The molecule has 3 aromatic rings. The average molecular weight is 442 g/mol. The van der Waals surface area contributed by atoms with E-state index in [0.717, 1.165) is 5.56 Å². The average Bonchev–Trinajstić information content (AvgIpc) is 2.70. The molecule has 6 nitrogen and oxygen atoms in total. The number of aromatic nitrogens is 2. The highest BCUT2D eigenvalue weighted by Crippen LogP contribution is 2.31. The van der Waals surface area contributed by atoms with Crippen LogP contribution in [0.2, 0.25) is 10.0 Å². The first kappa shape index (κ1) is 20.4. The van der Waals surface area contributed by atoms with Gasteiger partial charge >= 0.3 is 0 Å². The molecule has 30 heavy (non-hydrogen) atoms. The van der Waals surface area contributed by atoms with Crippen molar-refractivity contribution in [1.29, 1.82) is 0 Å². The molecule has 2 aromatic carbocycles. The first-order valence-corrected chi connectivity index (χ1v) is 10.3. The summed E-state index contributed by atoms with van der Waals surface area (Å²) in [6.45, 7) is 6.06. The molecule has 8 heteroatoms. The molecular weight excluding hydrogens is 421 g/mol. The monoisotopic (exact) mass is 441 g/mol. The Bertz CT molecular complexity index is 1190. The molecule has 0 saturated heterocycles. The van der Waals surface area contributed by atoms with Gasteiger partial charge in [-0.25, -0.2) is 9.98 Å². The second kappa shape index (κ2) is 8.13. The van der Waals surface area contributed by atoms with Crippen molar-refractivity contribution in [2.45, 2.75) is 32.9 Å². The molecule has 0 amide bonds. The third-order valence-electron chi connectivity index (χ3n) is 4.91. The highest BCUT2D eigenvalue weighted by molar-refractivity contribution is 6.44. The zero-order valence-electron chi connectivity index (χ0n) is 16.8. The number of halogens is 2. The molecule has 4 rings (SSSR count). The van der Waals surface area contributed by atoms with Gasteiger partial charge in [-0.3, -0.25) is 14.7 Å². The van der Waals surface area contributed by atoms with Crippen LogP contribution in [0.1, 0.15) is 42.8 Å². The Hall–Kier alpha value is -2.83. The number of benzene rings is 2. The summed E-state index contributed by atoms with van der Waals surface area (Å²) in [6, 6.07) is 14.9. The predicted molar refractivity (Wildman–Crippen MR) is 123 cm³/mol. The summed E-state index contributed by atoms with van der Waals surface area (Å²) >= 11 is 12.4. The first-order valence-electron chi connectivity index (χ1n) is 9.59. The van der Waals surface area contributed by atoms with Crippen LogP contribution in [0.5, 0.6) is 0 Å². The molecule has 1 aliphatic heterocycles. The number of nitrogens with one attached hydrogen (secondary N) is 2.